The van der Waals surface area contributed by atoms with Crippen molar-refractivity contribution in [1.82, 2.24) is 9.97 Å². The van der Waals surface area contributed by atoms with Crippen molar-refractivity contribution >= 4 is 11.8 Å². The second kappa shape index (κ2) is 7.37. The molecular weight excluding hydrogens is 316 g/mol. The monoisotopic (exact) mass is 340 g/mol. The summed E-state index contributed by atoms with van der Waals surface area (Å²) in [5.74, 6) is 1.73. The molecule has 6 nitrogen and oxygen atoms in total. The minimum atomic E-state index is 0.0564. The van der Waals surface area contributed by atoms with Crippen molar-refractivity contribution in [3.8, 4) is 0 Å². The smallest absolute Gasteiger partial charge is 0.224 e. The fourth-order valence-corrected chi connectivity index (χ4v) is 3.63. The molecule has 0 unspecified atom stereocenters. The topological polar surface area (TPSA) is 79.3 Å². The van der Waals surface area contributed by atoms with E-state index in [-0.39, 0.29) is 6.61 Å². The molecule has 132 valence electrons. The first-order valence-corrected chi connectivity index (χ1v) is 8.96. The van der Waals surface area contributed by atoms with Crippen LogP contribution in [0.2, 0.25) is 0 Å². The molecule has 4 rings (SSSR count). The van der Waals surface area contributed by atoms with Crippen LogP contribution >= 0.6 is 0 Å². The number of aliphatic hydroxyl groups is 1. The Hall–Kier alpha value is -2.18. The molecule has 0 spiro atoms. The van der Waals surface area contributed by atoms with Gasteiger partial charge >= 0.3 is 0 Å². The summed E-state index contributed by atoms with van der Waals surface area (Å²) >= 11 is 0. The molecule has 0 saturated carbocycles. The molecular formula is C19H24N4O2. The predicted molar refractivity (Wildman–Crippen MR) is 97.0 cm³/mol. The number of nitrogens with one attached hydrogen (secondary N) is 2. The lowest BCUT2D eigenvalue weighted by atomic mass is 10.0. The molecule has 1 fully saturated rings. The van der Waals surface area contributed by atoms with E-state index < -0.39 is 0 Å². The van der Waals surface area contributed by atoms with Crippen LogP contribution in [0.5, 0.6) is 0 Å². The molecule has 1 aliphatic carbocycles. The highest BCUT2D eigenvalue weighted by molar-refractivity contribution is 5.46. The van der Waals surface area contributed by atoms with E-state index in [1.807, 2.05) is 6.07 Å². The average molecular weight is 340 g/mol. The molecule has 0 bridgehead atoms. The quantitative estimate of drug-likeness (QED) is 0.746. The third-order valence-corrected chi connectivity index (χ3v) is 4.89. The molecule has 1 aromatic heterocycles. The number of fused-ring (bicyclic) bond motifs is 1. The predicted octanol–water partition coefficient (Wildman–Crippen LogP) is 1.96. The SMILES string of the molecule is OCCNc1nc(NC2Cc3ccccc3C2)cc([C@@H]2CCOC2)n1. The van der Waals surface area contributed by atoms with Crippen molar-refractivity contribution in [3.63, 3.8) is 0 Å². The number of hydrogen-bond donors (Lipinski definition) is 3. The van der Waals surface area contributed by atoms with E-state index in [9.17, 15) is 0 Å². The minimum Gasteiger partial charge on any atom is -0.395 e. The molecule has 0 amide bonds. The standard InChI is InChI=1S/C19H24N4O2/c24-7-6-20-19-22-17(15-5-8-25-12-15)11-18(23-19)21-16-9-13-3-1-2-4-14(13)10-16/h1-4,11,15-16,24H,5-10,12H2,(H2,20,21,22,23)/t15-/m1/s1. The molecule has 25 heavy (non-hydrogen) atoms. The lowest BCUT2D eigenvalue weighted by molar-refractivity contribution is 0.193. The van der Waals surface area contributed by atoms with Gasteiger partial charge in [0.15, 0.2) is 0 Å². The number of hydrogen-bond acceptors (Lipinski definition) is 6. The van der Waals surface area contributed by atoms with Gasteiger partial charge in [0, 0.05) is 31.2 Å². The largest absolute Gasteiger partial charge is 0.395 e. The normalized spacial score (nSPS) is 19.8. The number of benzene rings is 1. The zero-order chi connectivity index (χ0) is 17.1. The van der Waals surface area contributed by atoms with Gasteiger partial charge in [-0.2, -0.15) is 4.98 Å². The number of aliphatic hydroxyl groups excluding tert-OH is 1. The van der Waals surface area contributed by atoms with Crippen LogP contribution in [-0.2, 0) is 17.6 Å². The summed E-state index contributed by atoms with van der Waals surface area (Å²) in [7, 11) is 0. The maximum absolute atomic E-state index is 9.05. The van der Waals surface area contributed by atoms with Crippen molar-refractivity contribution < 1.29 is 9.84 Å². The van der Waals surface area contributed by atoms with E-state index in [4.69, 9.17) is 9.84 Å². The van der Waals surface area contributed by atoms with E-state index in [1.165, 1.54) is 11.1 Å². The van der Waals surface area contributed by atoms with Gasteiger partial charge < -0.3 is 20.5 Å². The van der Waals surface area contributed by atoms with Crippen molar-refractivity contribution in [2.75, 3.05) is 37.0 Å². The number of nitrogens with zero attached hydrogens (tertiary/aromatic N) is 2. The maximum Gasteiger partial charge on any atom is 0.224 e. The molecule has 2 aromatic rings. The zero-order valence-electron chi connectivity index (χ0n) is 14.2. The number of rotatable bonds is 6. The minimum absolute atomic E-state index is 0.0564. The van der Waals surface area contributed by atoms with Crippen LogP contribution in [0, 0.1) is 0 Å². The Balaban J connectivity index is 1.52. The summed E-state index contributed by atoms with van der Waals surface area (Å²) in [4.78, 5) is 9.20. The molecule has 1 saturated heterocycles. The zero-order valence-corrected chi connectivity index (χ0v) is 14.2. The summed E-state index contributed by atoms with van der Waals surface area (Å²) in [5.41, 5.74) is 3.83. The number of anilines is 2. The Morgan fingerprint density at radius 2 is 1.96 bits per heavy atom. The van der Waals surface area contributed by atoms with Gasteiger partial charge in [-0.3, -0.25) is 0 Å². The van der Waals surface area contributed by atoms with Crippen LogP contribution in [0.3, 0.4) is 0 Å². The van der Waals surface area contributed by atoms with Crippen LogP contribution in [0.25, 0.3) is 0 Å². The van der Waals surface area contributed by atoms with Crippen molar-refractivity contribution in [2.45, 2.75) is 31.2 Å². The summed E-state index contributed by atoms with van der Waals surface area (Å²) in [6, 6.07) is 11.0. The van der Waals surface area contributed by atoms with E-state index in [2.05, 4.69) is 44.9 Å². The first-order chi connectivity index (χ1) is 12.3. The van der Waals surface area contributed by atoms with Gasteiger partial charge in [-0.25, -0.2) is 4.98 Å². The maximum atomic E-state index is 9.05. The third kappa shape index (κ3) is 3.75. The fraction of sp³-hybridized carbons (Fsp3) is 0.474. The highest BCUT2D eigenvalue weighted by atomic mass is 16.5. The van der Waals surface area contributed by atoms with Crippen LogP contribution < -0.4 is 10.6 Å². The highest BCUT2D eigenvalue weighted by Gasteiger charge is 2.24. The first kappa shape index (κ1) is 16.3. The molecule has 6 heteroatoms. The van der Waals surface area contributed by atoms with Crippen LogP contribution in [0.1, 0.15) is 29.2 Å². The van der Waals surface area contributed by atoms with Gasteiger partial charge in [0.2, 0.25) is 5.95 Å². The summed E-state index contributed by atoms with van der Waals surface area (Å²) in [6.07, 6.45) is 3.02. The highest BCUT2D eigenvalue weighted by Crippen LogP contribution is 2.28. The molecule has 0 radical (unpaired) electrons. The Morgan fingerprint density at radius 1 is 1.16 bits per heavy atom. The summed E-state index contributed by atoms with van der Waals surface area (Å²) in [5, 5.41) is 15.7. The van der Waals surface area contributed by atoms with Gasteiger partial charge in [-0.1, -0.05) is 24.3 Å². The summed E-state index contributed by atoms with van der Waals surface area (Å²) < 4.78 is 5.51. The van der Waals surface area contributed by atoms with Crippen molar-refractivity contribution in [3.05, 3.63) is 47.2 Å². The van der Waals surface area contributed by atoms with E-state index in [0.29, 0.717) is 31.1 Å². The Morgan fingerprint density at radius 3 is 2.64 bits per heavy atom. The lowest BCUT2D eigenvalue weighted by Gasteiger charge is -2.16. The van der Waals surface area contributed by atoms with Gasteiger partial charge in [0.25, 0.3) is 0 Å². The summed E-state index contributed by atoms with van der Waals surface area (Å²) in [6.45, 7) is 2.00. The molecule has 1 aliphatic heterocycles. The molecule has 1 atom stereocenters. The molecule has 3 N–H and O–H groups in total. The number of ether oxygens (including phenoxy) is 1. The molecule has 2 aliphatic rings. The first-order valence-electron chi connectivity index (χ1n) is 8.96. The Bertz CT molecular complexity index is 706. The number of aromatic nitrogens is 2. The van der Waals surface area contributed by atoms with Gasteiger partial charge in [-0.15, -0.1) is 0 Å². The van der Waals surface area contributed by atoms with Gasteiger partial charge in [0.05, 0.1) is 18.9 Å². The second-order valence-corrected chi connectivity index (χ2v) is 6.73. The third-order valence-electron chi connectivity index (χ3n) is 4.89. The van der Waals surface area contributed by atoms with Crippen LogP contribution in [-0.4, -0.2) is 47.5 Å². The Kier molecular flexibility index (Phi) is 4.81. The average Bonchev–Trinajstić information content (AvgIpc) is 3.29. The van der Waals surface area contributed by atoms with E-state index in [1.54, 1.807) is 0 Å². The fourth-order valence-electron chi connectivity index (χ4n) is 3.63. The van der Waals surface area contributed by atoms with Crippen molar-refractivity contribution in [1.29, 1.82) is 0 Å². The van der Waals surface area contributed by atoms with E-state index >= 15 is 0 Å². The van der Waals surface area contributed by atoms with Crippen molar-refractivity contribution in [2.24, 2.45) is 0 Å². The van der Waals surface area contributed by atoms with Gasteiger partial charge in [0.1, 0.15) is 5.82 Å². The lowest BCUT2D eigenvalue weighted by Crippen LogP contribution is -2.21. The van der Waals surface area contributed by atoms with Gasteiger partial charge in [-0.05, 0) is 30.4 Å². The van der Waals surface area contributed by atoms with E-state index in [0.717, 1.165) is 37.4 Å². The second-order valence-electron chi connectivity index (χ2n) is 6.73. The Labute approximate surface area is 147 Å². The molecule has 2 heterocycles. The van der Waals surface area contributed by atoms with Crippen LogP contribution in [0.4, 0.5) is 11.8 Å². The molecule has 1 aromatic carbocycles. The van der Waals surface area contributed by atoms with Crippen LogP contribution in [0.15, 0.2) is 30.3 Å².